The zero-order chi connectivity index (χ0) is 14.3. The van der Waals surface area contributed by atoms with E-state index in [-0.39, 0.29) is 5.97 Å². The van der Waals surface area contributed by atoms with E-state index in [2.05, 4.69) is 15.9 Å². The van der Waals surface area contributed by atoms with Crippen molar-refractivity contribution >= 4 is 33.7 Å². The van der Waals surface area contributed by atoms with E-state index in [0.29, 0.717) is 29.7 Å². The molecule has 5 nitrogen and oxygen atoms in total. The maximum Gasteiger partial charge on any atom is 0.414 e. The minimum Gasteiger partial charge on any atom is -0.462 e. The van der Waals surface area contributed by atoms with E-state index < -0.39 is 6.09 Å². The second-order valence-electron chi connectivity index (χ2n) is 3.58. The molecule has 0 unspecified atom stereocenters. The summed E-state index contributed by atoms with van der Waals surface area (Å²) in [5.74, 6) is -0.376. The van der Waals surface area contributed by atoms with Gasteiger partial charge in [-0.3, -0.25) is 4.90 Å². The zero-order valence-electron chi connectivity index (χ0n) is 10.9. The summed E-state index contributed by atoms with van der Waals surface area (Å²) in [6.45, 7) is 2.56. The number of carbonyl (C=O) groups is 2. The van der Waals surface area contributed by atoms with Crippen molar-refractivity contribution in [1.29, 1.82) is 0 Å². The van der Waals surface area contributed by atoms with Crippen LogP contribution in [0.1, 0.15) is 17.3 Å². The summed E-state index contributed by atoms with van der Waals surface area (Å²) in [6, 6.07) is 6.62. The number of esters is 1. The first-order chi connectivity index (χ1) is 9.13. The molecule has 1 aromatic rings. The summed E-state index contributed by atoms with van der Waals surface area (Å²) in [5, 5.41) is 0.627. The van der Waals surface area contributed by atoms with Crippen LogP contribution in [0.25, 0.3) is 0 Å². The number of anilines is 1. The van der Waals surface area contributed by atoms with Crippen LogP contribution in [0.15, 0.2) is 24.3 Å². The number of nitrogens with zero attached hydrogens (tertiary/aromatic N) is 1. The number of hydrogen-bond donors (Lipinski definition) is 0. The molecule has 19 heavy (non-hydrogen) atoms. The smallest absolute Gasteiger partial charge is 0.414 e. The molecule has 0 aromatic heterocycles. The van der Waals surface area contributed by atoms with Gasteiger partial charge in [-0.05, 0) is 31.2 Å². The molecule has 0 radical (unpaired) electrons. The monoisotopic (exact) mass is 329 g/mol. The SMILES string of the molecule is CCOC(=O)c1ccc(N(CCBr)C(=O)OC)cc1. The summed E-state index contributed by atoms with van der Waals surface area (Å²) in [4.78, 5) is 24.6. The van der Waals surface area contributed by atoms with E-state index >= 15 is 0 Å². The molecule has 0 heterocycles. The van der Waals surface area contributed by atoms with E-state index in [1.54, 1.807) is 31.2 Å². The fraction of sp³-hybridized carbons (Fsp3) is 0.385. The highest BCUT2D eigenvalue weighted by Crippen LogP contribution is 2.17. The molecule has 1 amide bonds. The Kier molecular flexibility index (Phi) is 6.35. The average molecular weight is 330 g/mol. The number of alkyl halides is 1. The molecular formula is C13H16BrNO4. The molecule has 0 aliphatic heterocycles. The topological polar surface area (TPSA) is 55.8 Å². The number of carbonyl (C=O) groups excluding carboxylic acids is 2. The molecule has 0 aliphatic rings. The summed E-state index contributed by atoms with van der Waals surface area (Å²) in [6.07, 6.45) is -0.441. The van der Waals surface area contributed by atoms with Crippen LogP contribution in [-0.4, -0.2) is 37.7 Å². The van der Waals surface area contributed by atoms with Crippen molar-refractivity contribution < 1.29 is 19.1 Å². The lowest BCUT2D eigenvalue weighted by Gasteiger charge is -2.20. The number of hydrogen-bond acceptors (Lipinski definition) is 4. The van der Waals surface area contributed by atoms with Gasteiger partial charge in [0.15, 0.2) is 0 Å². The maximum atomic E-state index is 11.6. The molecule has 0 bridgehead atoms. The van der Waals surface area contributed by atoms with Crippen molar-refractivity contribution in [2.24, 2.45) is 0 Å². The van der Waals surface area contributed by atoms with Gasteiger partial charge in [0, 0.05) is 17.6 Å². The lowest BCUT2D eigenvalue weighted by Crippen LogP contribution is -2.32. The van der Waals surface area contributed by atoms with Gasteiger partial charge in [0.05, 0.1) is 19.3 Å². The van der Waals surface area contributed by atoms with Gasteiger partial charge in [0.2, 0.25) is 0 Å². The van der Waals surface area contributed by atoms with Crippen LogP contribution in [-0.2, 0) is 9.47 Å². The normalized spacial score (nSPS) is 9.84. The highest BCUT2D eigenvalue weighted by Gasteiger charge is 2.16. The number of amides is 1. The maximum absolute atomic E-state index is 11.6. The van der Waals surface area contributed by atoms with Gasteiger partial charge in [0.25, 0.3) is 0 Å². The molecule has 0 saturated heterocycles. The molecule has 0 fully saturated rings. The summed E-state index contributed by atoms with van der Waals surface area (Å²) >= 11 is 3.28. The summed E-state index contributed by atoms with van der Waals surface area (Å²) in [7, 11) is 1.33. The average Bonchev–Trinajstić information content (AvgIpc) is 2.44. The van der Waals surface area contributed by atoms with E-state index in [1.807, 2.05) is 0 Å². The van der Waals surface area contributed by atoms with Gasteiger partial charge in [0.1, 0.15) is 0 Å². The molecule has 0 N–H and O–H groups in total. The van der Waals surface area contributed by atoms with Gasteiger partial charge in [-0.15, -0.1) is 0 Å². The third-order valence-corrected chi connectivity index (χ3v) is 2.75. The third kappa shape index (κ3) is 4.24. The first kappa shape index (κ1) is 15.5. The van der Waals surface area contributed by atoms with Crippen molar-refractivity contribution in [2.75, 3.05) is 30.5 Å². The van der Waals surface area contributed by atoms with Crippen molar-refractivity contribution in [3.63, 3.8) is 0 Å². The Balaban J connectivity index is 2.88. The minimum absolute atomic E-state index is 0.332. The lowest BCUT2D eigenvalue weighted by molar-refractivity contribution is 0.0526. The van der Waals surface area contributed by atoms with Crippen LogP contribution in [0, 0.1) is 0 Å². The molecule has 104 valence electrons. The molecule has 1 rings (SSSR count). The predicted molar refractivity (Wildman–Crippen MR) is 75.9 cm³/mol. The Hall–Kier alpha value is -1.56. The summed E-state index contributed by atoms with van der Waals surface area (Å²) < 4.78 is 9.60. The van der Waals surface area contributed by atoms with E-state index in [1.165, 1.54) is 12.0 Å². The van der Waals surface area contributed by atoms with Crippen molar-refractivity contribution in [2.45, 2.75) is 6.92 Å². The number of benzene rings is 1. The number of halogens is 1. The minimum atomic E-state index is -0.441. The van der Waals surface area contributed by atoms with E-state index in [0.717, 1.165) is 0 Å². The summed E-state index contributed by atoms with van der Waals surface area (Å²) in [5.41, 5.74) is 1.12. The molecule has 1 aromatic carbocycles. The van der Waals surface area contributed by atoms with Crippen LogP contribution in [0.2, 0.25) is 0 Å². The largest absolute Gasteiger partial charge is 0.462 e. The number of rotatable bonds is 5. The molecular weight excluding hydrogens is 314 g/mol. The molecule has 0 aliphatic carbocycles. The van der Waals surface area contributed by atoms with Gasteiger partial charge in [-0.1, -0.05) is 15.9 Å². The lowest BCUT2D eigenvalue weighted by atomic mass is 10.2. The quantitative estimate of drug-likeness (QED) is 0.615. The zero-order valence-corrected chi connectivity index (χ0v) is 12.5. The van der Waals surface area contributed by atoms with Gasteiger partial charge in [-0.25, -0.2) is 9.59 Å². The number of methoxy groups -OCH3 is 1. The van der Waals surface area contributed by atoms with Crippen molar-refractivity contribution in [3.05, 3.63) is 29.8 Å². The van der Waals surface area contributed by atoms with Gasteiger partial charge >= 0.3 is 12.1 Å². The van der Waals surface area contributed by atoms with Crippen LogP contribution >= 0.6 is 15.9 Å². The van der Waals surface area contributed by atoms with Gasteiger partial charge in [-0.2, -0.15) is 0 Å². The fourth-order valence-electron chi connectivity index (χ4n) is 1.51. The van der Waals surface area contributed by atoms with E-state index in [9.17, 15) is 9.59 Å². The first-order valence-electron chi connectivity index (χ1n) is 5.82. The Bertz CT molecular complexity index is 433. The Labute approximate surface area is 120 Å². The second-order valence-corrected chi connectivity index (χ2v) is 4.37. The third-order valence-electron chi connectivity index (χ3n) is 2.39. The van der Waals surface area contributed by atoms with Crippen LogP contribution in [0.4, 0.5) is 10.5 Å². The van der Waals surface area contributed by atoms with E-state index in [4.69, 9.17) is 9.47 Å². The van der Waals surface area contributed by atoms with Crippen LogP contribution < -0.4 is 4.90 Å². The van der Waals surface area contributed by atoms with Crippen LogP contribution in [0.5, 0.6) is 0 Å². The number of ether oxygens (including phenoxy) is 2. The molecule has 0 spiro atoms. The van der Waals surface area contributed by atoms with Crippen molar-refractivity contribution in [1.82, 2.24) is 0 Å². The fourth-order valence-corrected chi connectivity index (χ4v) is 1.87. The molecule has 0 saturated carbocycles. The first-order valence-corrected chi connectivity index (χ1v) is 6.94. The Morgan fingerprint density at radius 3 is 2.37 bits per heavy atom. The Morgan fingerprint density at radius 2 is 1.89 bits per heavy atom. The molecule has 0 atom stereocenters. The Morgan fingerprint density at radius 1 is 1.26 bits per heavy atom. The second kappa shape index (κ2) is 7.78. The van der Waals surface area contributed by atoms with Gasteiger partial charge < -0.3 is 9.47 Å². The van der Waals surface area contributed by atoms with Crippen LogP contribution in [0.3, 0.4) is 0 Å². The predicted octanol–water partition coefficient (Wildman–Crippen LogP) is 2.83. The highest BCUT2D eigenvalue weighted by molar-refractivity contribution is 9.09. The van der Waals surface area contributed by atoms with Crippen molar-refractivity contribution in [3.8, 4) is 0 Å². The standard InChI is InChI=1S/C13H16BrNO4/c1-3-19-12(16)10-4-6-11(7-5-10)15(9-8-14)13(17)18-2/h4-7H,3,8-9H2,1-2H3. The molecule has 6 heteroatoms. The highest BCUT2D eigenvalue weighted by atomic mass is 79.9.